The summed E-state index contributed by atoms with van der Waals surface area (Å²) in [6, 6.07) is 4.78. The topological polar surface area (TPSA) is 68.0 Å². The molecule has 6 heteroatoms. The average molecular weight is 263 g/mol. The van der Waals surface area contributed by atoms with Gasteiger partial charge >= 0.3 is 0 Å². The molecule has 0 atom stereocenters. The summed E-state index contributed by atoms with van der Waals surface area (Å²) in [5.74, 6) is -2.82. The third kappa shape index (κ3) is 2.85. The number of rotatable bonds is 2. The quantitative estimate of drug-likeness (QED) is 0.818. The maximum Gasteiger partial charge on any atom is 0.257 e. The number of benzene rings is 1. The Morgan fingerprint density at radius 2 is 1.95 bits per heavy atom. The first-order chi connectivity index (χ1) is 8.97. The molecule has 0 spiro atoms. The molecule has 1 aromatic carbocycles. The lowest BCUT2D eigenvalue weighted by Crippen LogP contribution is -2.15. The molecule has 2 aromatic rings. The second kappa shape index (κ2) is 5.01. The Hall–Kier alpha value is -2.50. The molecule has 0 aliphatic rings. The van der Waals surface area contributed by atoms with Crippen LogP contribution in [0.15, 0.2) is 30.5 Å². The number of nitrogens with two attached hydrogens (primary N) is 1. The third-order valence-electron chi connectivity index (χ3n) is 2.49. The van der Waals surface area contributed by atoms with E-state index in [2.05, 4.69) is 10.3 Å². The van der Waals surface area contributed by atoms with Crippen LogP contribution in [0.1, 0.15) is 16.1 Å². The molecule has 3 N–H and O–H groups in total. The van der Waals surface area contributed by atoms with Crippen molar-refractivity contribution in [3.63, 3.8) is 0 Å². The molecule has 1 heterocycles. The van der Waals surface area contributed by atoms with Crippen molar-refractivity contribution in [2.45, 2.75) is 6.92 Å². The predicted molar refractivity (Wildman–Crippen MR) is 67.7 cm³/mol. The van der Waals surface area contributed by atoms with Crippen molar-refractivity contribution in [3.8, 4) is 0 Å². The van der Waals surface area contributed by atoms with E-state index in [1.54, 1.807) is 19.1 Å². The fourth-order valence-electron chi connectivity index (χ4n) is 1.58. The Balaban J connectivity index is 2.28. The average Bonchev–Trinajstić information content (AvgIpc) is 2.33. The minimum absolute atomic E-state index is 0.117. The standard InChI is InChI=1S/C13H11F2N3O/c1-7-4-8(2-3-17-7)18-13(19)9-5-10(14)11(15)6-12(9)16/h2-6H,16H2,1H3,(H,17,18,19). The van der Waals surface area contributed by atoms with E-state index in [1.807, 2.05) is 0 Å². The minimum Gasteiger partial charge on any atom is -0.398 e. The minimum atomic E-state index is -1.12. The molecule has 98 valence electrons. The first kappa shape index (κ1) is 12.9. The molecular formula is C13H11F2N3O. The Kier molecular flexibility index (Phi) is 3.41. The fourth-order valence-corrected chi connectivity index (χ4v) is 1.58. The van der Waals surface area contributed by atoms with Gasteiger partial charge in [-0.25, -0.2) is 8.78 Å². The number of hydrogen-bond donors (Lipinski definition) is 2. The fraction of sp³-hybridized carbons (Fsp3) is 0.0769. The molecule has 0 aliphatic heterocycles. The second-order valence-corrected chi connectivity index (χ2v) is 3.99. The van der Waals surface area contributed by atoms with Crippen LogP contribution in [-0.4, -0.2) is 10.9 Å². The molecule has 4 nitrogen and oxygen atoms in total. The molecule has 1 amide bonds. The number of nitrogens with one attached hydrogen (secondary N) is 1. The van der Waals surface area contributed by atoms with Crippen molar-refractivity contribution >= 4 is 17.3 Å². The van der Waals surface area contributed by atoms with Gasteiger partial charge in [-0.05, 0) is 25.1 Å². The number of aromatic nitrogens is 1. The van der Waals surface area contributed by atoms with Crippen molar-refractivity contribution in [3.05, 3.63) is 53.4 Å². The number of anilines is 2. The molecule has 0 saturated carbocycles. The van der Waals surface area contributed by atoms with Crippen LogP contribution in [-0.2, 0) is 0 Å². The van der Waals surface area contributed by atoms with Gasteiger partial charge in [-0.15, -0.1) is 0 Å². The molecule has 0 radical (unpaired) electrons. The second-order valence-electron chi connectivity index (χ2n) is 3.99. The third-order valence-corrected chi connectivity index (χ3v) is 2.49. The van der Waals surface area contributed by atoms with E-state index in [9.17, 15) is 13.6 Å². The highest BCUT2D eigenvalue weighted by molar-refractivity contribution is 6.07. The van der Waals surface area contributed by atoms with E-state index < -0.39 is 17.5 Å². The lowest BCUT2D eigenvalue weighted by molar-refractivity contribution is 0.102. The maximum atomic E-state index is 13.1. The largest absolute Gasteiger partial charge is 0.398 e. The first-order valence-corrected chi connectivity index (χ1v) is 5.46. The molecule has 1 aromatic heterocycles. The Morgan fingerprint density at radius 1 is 1.26 bits per heavy atom. The zero-order valence-corrected chi connectivity index (χ0v) is 10.1. The van der Waals surface area contributed by atoms with Crippen molar-refractivity contribution in [1.82, 2.24) is 4.98 Å². The molecule has 19 heavy (non-hydrogen) atoms. The van der Waals surface area contributed by atoms with Gasteiger partial charge in [0.1, 0.15) is 0 Å². The number of pyridine rings is 1. The van der Waals surface area contributed by atoms with E-state index in [0.717, 1.165) is 17.8 Å². The van der Waals surface area contributed by atoms with Crippen LogP contribution in [0.3, 0.4) is 0 Å². The molecule has 0 saturated heterocycles. The molecule has 0 bridgehead atoms. The monoisotopic (exact) mass is 263 g/mol. The van der Waals surface area contributed by atoms with Crippen molar-refractivity contribution in [1.29, 1.82) is 0 Å². The van der Waals surface area contributed by atoms with Gasteiger partial charge in [0.05, 0.1) is 5.56 Å². The lowest BCUT2D eigenvalue weighted by Gasteiger charge is -2.08. The highest BCUT2D eigenvalue weighted by Crippen LogP contribution is 2.18. The van der Waals surface area contributed by atoms with Crippen LogP contribution < -0.4 is 11.1 Å². The smallest absolute Gasteiger partial charge is 0.257 e. The highest BCUT2D eigenvalue weighted by Gasteiger charge is 2.14. The van der Waals surface area contributed by atoms with E-state index >= 15 is 0 Å². The van der Waals surface area contributed by atoms with Gasteiger partial charge in [-0.1, -0.05) is 0 Å². The van der Waals surface area contributed by atoms with Crippen LogP contribution in [0, 0.1) is 18.6 Å². The molecular weight excluding hydrogens is 252 g/mol. The molecule has 0 aliphatic carbocycles. The van der Waals surface area contributed by atoms with E-state index in [0.29, 0.717) is 5.69 Å². The first-order valence-electron chi connectivity index (χ1n) is 5.46. The number of nitrogens with zero attached hydrogens (tertiary/aromatic N) is 1. The summed E-state index contributed by atoms with van der Waals surface area (Å²) < 4.78 is 26.0. The number of aryl methyl sites for hydroxylation is 1. The van der Waals surface area contributed by atoms with Gasteiger partial charge in [-0.2, -0.15) is 0 Å². The predicted octanol–water partition coefficient (Wildman–Crippen LogP) is 2.50. The maximum absolute atomic E-state index is 13.1. The van der Waals surface area contributed by atoms with Crippen LogP contribution in [0.5, 0.6) is 0 Å². The Bertz CT molecular complexity index is 644. The summed E-state index contributed by atoms with van der Waals surface area (Å²) in [7, 11) is 0. The molecule has 2 rings (SSSR count). The van der Waals surface area contributed by atoms with Gasteiger partial charge in [0.15, 0.2) is 11.6 Å². The van der Waals surface area contributed by atoms with Crippen LogP contribution in [0.4, 0.5) is 20.2 Å². The van der Waals surface area contributed by atoms with Crippen LogP contribution in [0.25, 0.3) is 0 Å². The highest BCUT2D eigenvalue weighted by atomic mass is 19.2. The summed E-state index contributed by atoms with van der Waals surface area (Å²) >= 11 is 0. The number of nitrogen functional groups attached to an aromatic ring is 1. The number of carbonyl (C=O) groups is 1. The van der Waals surface area contributed by atoms with Gasteiger partial charge in [-0.3, -0.25) is 9.78 Å². The lowest BCUT2D eigenvalue weighted by atomic mass is 10.1. The summed E-state index contributed by atoms with van der Waals surface area (Å²) in [4.78, 5) is 15.9. The van der Waals surface area contributed by atoms with Crippen LogP contribution >= 0.6 is 0 Å². The van der Waals surface area contributed by atoms with Crippen molar-refractivity contribution in [2.75, 3.05) is 11.1 Å². The zero-order chi connectivity index (χ0) is 14.0. The Morgan fingerprint density at radius 3 is 2.63 bits per heavy atom. The summed E-state index contributed by atoms with van der Waals surface area (Å²) in [5, 5.41) is 2.54. The van der Waals surface area contributed by atoms with Gasteiger partial charge in [0, 0.05) is 29.3 Å². The van der Waals surface area contributed by atoms with Gasteiger partial charge in [0.25, 0.3) is 5.91 Å². The number of amides is 1. The van der Waals surface area contributed by atoms with Crippen LogP contribution in [0.2, 0.25) is 0 Å². The summed E-state index contributed by atoms with van der Waals surface area (Å²) in [6.07, 6.45) is 1.53. The number of halogens is 2. The Labute approximate surface area is 108 Å². The normalized spacial score (nSPS) is 10.3. The number of hydrogen-bond acceptors (Lipinski definition) is 3. The van der Waals surface area contributed by atoms with Gasteiger partial charge in [0.2, 0.25) is 0 Å². The summed E-state index contributed by atoms with van der Waals surface area (Å²) in [5.41, 5.74) is 6.47. The van der Waals surface area contributed by atoms with Crippen molar-refractivity contribution in [2.24, 2.45) is 0 Å². The van der Waals surface area contributed by atoms with E-state index in [1.165, 1.54) is 6.20 Å². The van der Waals surface area contributed by atoms with Crippen molar-refractivity contribution < 1.29 is 13.6 Å². The van der Waals surface area contributed by atoms with E-state index in [4.69, 9.17) is 5.73 Å². The van der Waals surface area contributed by atoms with Gasteiger partial charge < -0.3 is 11.1 Å². The SMILES string of the molecule is Cc1cc(NC(=O)c2cc(F)c(F)cc2N)ccn1. The molecule has 0 unspecified atom stereocenters. The number of carbonyl (C=O) groups excluding carboxylic acids is 1. The van der Waals surface area contributed by atoms with E-state index in [-0.39, 0.29) is 11.3 Å². The summed E-state index contributed by atoms with van der Waals surface area (Å²) in [6.45, 7) is 1.77. The zero-order valence-electron chi connectivity index (χ0n) is 10.1. The molecule has 0 fully saturated rings.